The molecule has 2 aromatic carbocycles. The van der Waals surface area contributed by atoms with Gasteiger partial charge in [0.2, 0.25) is 0 Å². The van der Waals surface area contributed by atoms with Gasteiger partial charge in [-0.1, -0.05) is 24.3 Å². The van der Waals surface area contributed by atoms with Crippen molar-refractivity contribution in [2.75, 3.05) is 0 Å². The van der Waals surface area contributed by atoms with Gasteiger partial charge in [-0.15, -0.1) is 11.3 Å². The molecular formula is C23H21N3OS. The molecule has 4 nitrogen and oxygen atoms in total. The monoisotopic (exact) mass is 387 g/mol. The van der Waals surface area contributed by atoms with Gasteiger partial charge in [0.05, 0.1) is 16.6 Å². The summed E-state index contributed by atoms with van der Waals surface area (Å²) in [6.45, 7) is 3.16. The predicted molar refractivity (Wildman–Crippen MR) is 116 cm³/mol. The van der Waals surface area contributed by atoms with Gasteiger partial charge in [0.15, 0.2) is 0 Å². The molecule has 140 valence electrons. The van der Waals surface area contributed by atoms with Crippen molar-refractivity contribution in [3.8, 4) is 0 Å². The first kappa shape index (κ1) is 17.2. The molecule has 1 N–H and O–H groups in total. The number of hydrogen-bond acceptors (Lipinski definition) is 3. The molecule has 2 aromatic heterocycles. The van der Waals surface area contributed by atoms with E-state index in [1.54, 1.807) is 12.3 Å². The molecule has 0 radical (unpaired) electrons. The Morgan fingerprint density at radius 1 is 1.21 bits per heavy atom. The van der Waals surface area contributed by atoms with E-state index in [0.29, 0.717) is 10.8 Å². The Bertz CT molecular complexity index is 1200. The minimum absolute atomic E-state index is 0.169. The fourth-order valence-corrected chi connectivity index (χ4v) is 4.59. The number of nitrogens with one attached hydrogen (secondary N) is 1. The van der Waals surface area contributed by atoms with Gasteiger partial charge in [0.1, 0.15) is 0 Å². The fourth-order valence-electron chi connectivity index (χ4n) is 3.98. The SMILES string of the molecule is CCn1c2ccccc2c2cc(/C=N/NC(=O)c3cccs3)cc(C3CC3)c21. The Balaban J connectivity index is 1.58. The summed E-state index contributed by atoms with van der Waals surface area (Å²) in [7, 11) is 0. The number of thiophene rings is 1. The van der Waals surface area contributed by atoms with Crippen molar-refractivity contribution in [1.82, 2.24) is 9.99 Å². The van der Waals surface area contributed by atoms with Crippen LogP contribution < -0.4 is 5.43 Å². The van der Waals surface area contributed by atoms with E-state index < -0.39 is 0 Å². The number of aryl methyl sites for hydroxylation is 1. The average molecular weight is 388 g/mol. The molecule has 0 atom stereocenters. The number of carbonyl (C=O) groups is 1. The minimum Gasteiger partial charge on any atom is -0.341 e. The van der Waals surface area contributed by atoms with Crippen molar-refractivity contribution in [2.45, 2.75) is 32.2 Å². The number of rotatable bonds is 5. The van der Waals surface area contributed by atoms with E-state index in [1.807, 2.05) is 11.4 Å². The fraction of sp³-hybridized carbons (Fsp3) is 0.217. The maximum absolute atomic E-state index is 12.1. The molecule has 1 saturated carbocycles. The van der Waals surface area contributed by atoms with Crippen LogP contribution in [0.25, 0.3) is 21.8 Å². The molecule has 0 spiro atoms. The maximum atomic E-state index is 12.1. The van der Waals surface area contributed by atoms with E-state index >= 15 is 0 Å². The summed E-state index contributed by atoms with van der Waals surface area (Å²) in [4.78, 5) is 12.8. The Morgan fingerprint density at radius 2 is 2.07 bits per heavy atom. The van der Waals surface area contributed by atoms with Gasteiger partial charge in [-0.25, -0.2) is 5.43 Å². The lowest BCUT2D eigenvalue weighted by molar-refractivity contribution is 0.0959. The molecule has 0 saturated heterocycles. The number of nitrogens with zero attached hydrogens (tertiary/aromatic N) is 2. The summed E-state index contributed by atoms with van der Waals surface area (Å²) in [5, 5.41) is 8.64. The highest BCUT2D eigenvalue weighted by molar-refractivity contribution is 7.12. The molecule has 4 aromatic rings. The van der Waals surface area contributed by atoms with E-state index in [-0.39, 0.29) is 5.91 Å². The van der Waals surface area contributed by atoms with Crippen LogP contribution in [-0.4, -0.2) is 16.7 Å². The number of amides is 1. The molecule has 5 rings (SSSR count). The molecule has 1 amide bonds. The van der Waals surface area contributed by atoms with E-state index in [1.165, 1.54) is 51.5 Å². The molecule has 0 aliphatic heterocycles. The van der Waals surface area contributed by atoms with Crippen LogP contribution in [0.2, 0.25) is 0 Å². The highest BCUT2D eigenvalue weighted by Crippen LogP contribution is 2.45. The number of para-hydroxylation sites is 1. The lowest BCUT2D eigenvalue weighted by Gasteiger charge is -2.09. The second-order valence-corrected chi connectivity index (χ2v) is 8.17. The van der Waals surface area contributed by atoms with E-state index in [9.17, 15) is 4.79 Å². The Labute approximate surface area is 167 Å². The normalized spacial score (nSPS) is 14.3. The molecule has 28 heavy (non-hydrogen) atoms. The topological polar surface area (TPSA) is 46.4 Å². The summed E-state index contributed by atoms with van der Waals surface area (Å²) in [5.74, 6) is 0.462. The highest BCUT2D eigenvalue weighted by atomic mass is 32.1. The van der Waals surface area contributed by atoms with Crippen molar-refractivity contribution < 1.29 is 4.79 Å². The minimum atomic E-state index is -0.169. The number of benzene rings is 2. The van der Waals surface area contributed by atoms with Gasteiger partial charge in [-0.2, -0.15) is 5.10 Å². The van der Waals surface area contributed by atoms with Crippen LogP contribution in [0, 0.1) is 0 Å². The lowest BCUT2D eigenvalue weighted by Crippen LogP contribution is -2.16. The first-order valence-electron chi connectivity index (χ1n) is 9.68. The zero-order valence-electron chi connectivity index (χ0n) is 15.7. The van der Waals surface area contributed by atoms with Crippen LogP contribution in [0.5, 0.6) is 0 Å². The molecule has 1 fully saturated rings. The van der Waals surface area contributed by atoms with Crippen LogP contribution in [0.4, 0.5) is 0 Å². The average Bonchev–Trinajstić information content (AvgIpc) is 3.31. The largest absolute Gasteiger partial charge is 0.341 e. The number of hydrogen-bond donors (Lipinski definition) is 1. The molecule has 1 aliphatic carbocycles. The third-order valence-corrected chi connectivity index (χ3v) is 6.24. The summed E-state index contributed by atoms with van der Waals surface area (Å²) in [6.07, 6.45) is 4.25. The van der Waals surface area contributed by atoms with Crippen molar-refractivity contribution in [1.29, 1.82) is 0 Å². The van der Waals surface area contributed by atoms with E-state index in [2.05, 4.69) is 58.4 Å². The zero-order chi connectivity index (χ0) is 19.1. The maximum Gasteiger partial charge on any atom is 0.281 e. The number of fused-ring (bicyclic) bond motifs is 3. The molecular weight excluding hydrogens is 366 g/mol. The van der Waals surface area contributed by atoms with Gasteiger partial charge in [-0.05, 0) is 66.5 Å². The quantitative estimate of drug-likeness (QED) is 0.356. The number of aromatic nitrogens is 1. The van der Waals surface area contributed by atoms with Crippen LogP contribution in [-0.2, 0) is 6.54 Å². The van der Waals surface area contributed by atoms with Crippen LogP contribution in [0.15, 0.2) is 59.0 Å². The van der Waals surface area contributed by atoms with Gasteiger partial charge in [-0.3, -0.25) is 4.79 Å². The third kappa shape index (κ3) is 2.92. The van der Waals surface area contributed by atoms with E-state index in [0.717, 1.165) is 12.1 Å². The molecule has 2 heterocycles. The summed E-state index contributed by atoms with van der Waals surface area (Å²) in [6, 6.07) is 16.7. The van der Waals surface area contributed by atoms with Gasteiger partial charge >= 0.3 is 0 Å². The third-order valence-electron chi connectivity index (χ3n) is 5.37. The smallest absolute Gasteiger partial charge is 0.281 e. The number of carbonyl (C=O) groups excluding carboxylic acids is 1. The molecule has 1 aliphatic rings. The van der Waals surface area contributed by atoms with E-state index in [4.69, 9.17) is 0 Å². The van der Waals surface area contributed by atoms with Gasteiger partial charge < -0.3 is 4.57 Å². The summed E-state index contributed by atoms with van der Waals surface area (Å²) >= 11 is 1.41. The summed E-state index contributed by atoms with van der Waals surface area (Å²) < 4.78 is 2.43. The molecule has 0 unspecified atom stereocenters. The van der Waals surface area contributed by atoms with Gasteiger partial charge in [0.25, 0.3) is 5.91 Å². The molecule has 0 bridgehead atoms. The Hall–Kier alpha value is -2.92. The zero-order valence-corrected chi connectivity index (χ0v) is 16.5. The Morgan fingerprint density at radius 3 is 2.82 bits per heavy atom. The first-order valence-corrected chi connectivity index (χ1v) is 10.6. The van der Waals surface area contributed by atoms with Crippen LogP contribution >= 0.6 is 11.3 Å². The first-order chi connectivity index (χ1) is 13.8. The number of hydrazone groups is 1. The second kappa shape index (κ2) is 6.91. The summed E-state index contributed by atoms with van der Waals surface area (Å²) in [5.41, 5.74) is 7.70. The lowest BCUT2D eigenvalue weighted by atomic mass is 10.0. The van der Waals surface area contributed by atoms with Crippen molar-refractivity contribution in [3.05, 3.63) is 69.9 Å². The Kier molecular flexibility index (Phi) is 4.24. The van der Waals surface area contributed by atoms with Crippen molar-refractivity contribution in [3.63, 3.8) is 0 Å². The van der Waals surface area contributed by atoms with Gasteiger partial charge in [0, 0.05) is 22.8 Å². The van der Waals surface area contributed by atoms with Crippen LogP contribution in [0.1, 0.15) is 46.5 Å². The molecule has 5 heteroatoms. The van der Waals surface area contributed by atoms with Crippen LogP contribution in [0.3, 0.4) is 0 Å². The van der Waals surface area contributed by atoms with Crippen molar-refractivity contribution >= 4 is 45.3 Å². The second-order valence-electron chi connectivity index (χ2n) is 7.22. The standard InChI is InChI=1S/C23H21N3OS/c1-2-26-20-7-4-3-6-17(20)19-13-15(12-18(22(19)26)16-9-10-16)14-24-25-23(27)21-8-5-11-28-21/h3-8,11-14,16H,2,9-10H2,1H3,(H,25,27)/b24-14+. The predicted octanol–water partition coefficient (Wildman–Crippen LogP) is 5.52. The highest BCUT2D eigenvalue weighted by Gasteiger charge is 2.28. The van der Waals surface area contributed by atoms with Crippen molar-refractivity contribution in [2.24, 2.45) is 5.10 Å².